The number of hydrogen-bond donors (Lipinski definition) is 2. The quantitative estimate of drug-likeness (QED) is 0.542. The van der Waals surface area contributed by atoms with Crippen molar-refractivity contribution in [2.24, 2.45) is 5.92 Å². The number of aromatic nitrogens is 2. The van der Waals surface area contributed by atoms with E-state index < -0.39 is 30.4 Å². The van der Waals surface area contributed by atoms with Crippen molar-refractivity contribution in [1.82, 2.24) is 9.97 Å². The molecule has 0 aliphatic carbocycles. The fraction of sp³-hybridized carbons (Fsp3) is 0.522. The van der Waals surface area contributed by atoms with Crippen LogP contribution in [0.4, 0.5) is 35.4 Å². The van der Waals surface area contributed by atoms with Crippen molar-refractivity contribution in [1.29, 1.82) is 0 Å². The van der Waals surface area contributed by atoms with Crippen LogP contribution in [0.5, 0.6) is 5.75 Å². The van der Waals surface area contributed by atoms with E-state index in [0.717, 1.165) is 12.8 Å². The van der Waals surface area contributed by atoms with Crippen LogP contribution >= 0.6 is 11.6 Å². The summed E-state index contributed by atoms with van der Waals surface area (Å²) < 4.78 is 47.1. The lowest BCUT2D eigenvalue weighted by atomic mass is 9.90. The number of nitrogens with zero attached hydrogens (tertiary/aromatic N) is 4. The summed E-state index contributed by atoms with van der Waals surface area (Å²) in [5.74, 6) is 0.518. The Bertz CT molecular complexity index is 1080. The summed E-state index contributed by atoms with van der Waals surface area (Å²) in [5, 5.41) is 13.2. The van der Waals surface area contributed by atoms with Gasteiger partial charge in [0.2, 0.25) is 5.95 Å². The number of amides is 1. The van der Waals surface area contributed by atoms with Crippen molar-refractivity contribution in [2.45, 2.75) is 51.2 Å². The molecule has 1 amide bonds. The molecule has 13 heteroatoms. The zero-order valence-corrected chi connectivity index (χ0v) is 20.5. The largest absolute Gasteiger partial charge is 0.573 e. The van der Waals surface area contributed by atoms with Gasteiger partial charge in [-0.25, -0.2) is 9.78 Å². The topological polar surface area (TPSA) is 100 Å². The number of halogens is 4. The Morgan fingerprint density at radius 1 is 1.25 bits per heavy atom. The fourth-order valence-corrected chi connectivity index (χ4v) is 4.63. The molecule has 2 saturated heterocycles. The van der Waals surface area contributed by atoms with Crippen molar-refractivity contribution in [2.75, 3.05) is 34.8 Å². The Kier molecular flexibility index (Phi) is 7.65. The maximum Gasteiger partial charge on any atom is 0.573 e. The first-order chi connectivity index (χ1) is 17.0. The minimum absolute atomic E-state index is 0.00478. The van der Waals surface area contributed by atoms with Crippen molar-refractivity contribution in [3.8, 4) is 5.75 Å². The molecule has 1 aromatic carbocycles. The molecule has 9 nitrogen and oxygen atoms in total. The van der Waals surface area contributed by atoms with E-state index >= 15 is 0 Å². The smallest absolute Gasteiger partial charge is 0.447 e. The van der Waals surface area contributed by atoms with Crippen LogP contribution < -0.4 is 19.9 Å². The second-order valence-corrected chi connectivity index (χ2v) is 9.32. The molecule has 36 heavy (non-hydrogen) atoms. The molecule has 1 aromatic heterocycles. The molecule has 0 saturated carbocycles. The molecule has 2 aliphatic rings. The van der Waals surface area contributed by atoms with E-state index in [9.17, 15) is 23.1 Å². The third-order valence-electron chi connectivity index (χ3n) is 6.46. The predicted octanol–water partition coefficient (Wildman–Crippen LogP) is 4.45. The van der Waals surface area contributed by atoms with Gasteiger partial charge < -0.3 is 24.8 Å². The summed E-state index contributed by atoms with van der Waals surface area (Å²) in [6, 6.07) is 5.43. The Labute approximate surface area is 211 Å². The monoisotopic (exact) mass is 529 g/mol. The second-order valence-electron chi connectivity index (χ2n) is 8.91. The standard InChI is InChI=1S/C23H27ClF3N5O4/c1-13(29-21-28-8-5-20(30-21)32-18(14(2)33)12-35-22(32)34)15-6-9-31(10-7-15)16-3-4-17(24)19(11-16)36-23(25,26)27/h3-5,8,11,13-15,18,33H,6-7,9-10,12H2,1-2H3,(H,28,29,30)/t13-,14-,18+/m0/s1. The van der Waals surface area contributed by atoms with Gasteiger partial charge in [0, 0.05) is 37.1 Å². The van der Waals surface area contributed by atoms with Gasteiger partial charge in [-0.05, 0) is 50.8 Å². The molecule has 0 unspecified atom stereocenters. The Morgan fingerprint density at radius 3 is 2.64 bits per heavy atom. The van der Waals surface area contributed by atoms with Crippen LogP contribution in [0, 0.1) is 5.92 Å². The number of cyclic esters (lactones) is 1. The van der Waals surface area contributed by atoms with Crippen LogP contribution in [-0.4, -0.2) is 65.4 Å². The summed E-state index contributed by atoms with van der Waals surface area (Å²) in [7, 11) is 0. The summed E-state index contributed by atoms with van der Waals surface area (Å²) >= 11 is 5.86. The van der Waals surface area contributed by atoms with E-state index in [0.29, 0.717) is 30.5 Å². The van der Waals surface area contributed by atoms with Gasteiger partial charge in [0.05, 0.1) is 11.1 Å². The SMILES string of the molecule is C[C@H](Nc1nccc(N2C(=O)OC[C@@H]2[C@H](C)O)n1)C1CCN(c2ccc(Cl)c(OC(F)(F)F)c2)CC1. The van der Waals surface area contributed by atoms with Crippen LogP contribution in [0.2, 0.25) is 5.02 Å². The summed E-state index contributed by atoms with van der Waals surface area (Å²) in [6.45, 7) is 4.95. The number of carbonyl (C=O) groups is 1. The number of piperidine rings is 1. The molecule has 0 bridgehead atoms. The molecule has 0 radical (unpaired) electrons. The third-order valence-corrected chi connectivity index (χ3v) is 6.77. The Balaban J connectivity index is 1.37. The average molecular weight is 530 g/mol. The number of anilines is 3. The Hall–Kier alpha value is -2.99. The van der Waals surface area contributed by atoms with Crippen LogP contribution in [0.25, 0.3) is 0 Å². The normalized spacial score (nSPS) is 20.8. The molecule has 2 N–H and O–H groups in total. The third kappa shape index (κ3) is 6.04. The molecule has 2 aromatic rings. The maximum atomic E-state index is 12.7. The molecule has 2 fully saturated rings. The van der Waals surface area contributed by atoms with Crippen LogP contribution in [0.3, 0.4) is 0 Å². The van der Waals surface area contributed by atoms with E-state index in [2.05, 4.69) is 20.0 Å². The number of carbonyl (C=O) groups excluding carboxylic acids is 1. The lowest BCUT2D eigenvalue weighted by molar-refractivity contribution is -0.274. The molecular weight excluding hydrogens is 503 g/mol. The summed E-state index contributed by atoms with van der Waals surface area (Å²) in [5.41, 5.74) is 0.610. The maximum absolute atomic E-state index is 12.7. The van der Waals surface area contributed by atoms with E-state index in [4.69, 9.17) is 16.3 Å². The van der Waals surface area contributed by atoms with Gasteiger partial charge in [0.1, 0.15) is 24.2 Å². The van der Waals surface area contributed by atoms with Gasteiger partial charge in [-0.3, -0.25) is 4.90 Å². The number of benzene rings is 1. The van der Waals surface area contributed by atoms with Crippen molar-refractivity contribution in [3.05, 3.63) is 35.5 Å². The molecule has 3 atom stereocenters. The van der Waals surface area contributed by atoms with Gasteiger partial charge in [-0.1, -0.05) is 11.6 Å². The fourth-order valence-electron chi connectivity index (χ4n) is 4.48. The Morgan fingerprint density at radius 2 is 1.97 bits per heavy atom. The highest BCUT2D eigenvalue weighted by atomic mass is 35.5. The molecule has 2 aliphatic heterocycles. The molecule has 0 spiro atoms. The van der Waals surface area contributed by atoms with E-state index in [1.807, 2.05) is 11.8 Å². The lowest BCUT2D eigenvalue weighted by Crippen LogP contribution is -2.41. The minimum Gasteiger partial charge on any atom is -0.447 e. The second kappa shape index (κ2) is 10.6. The minimum atomic E-state index is -4.82. The van der Waals surface area contributed by atoms with Gasteiger partial charge in [0.15, 0.2) is 0 Å². The zero-order chi connectivity index (χ0) is 26.0. The highest BCUT2D eigenvalue weighted by Gasteiger charge is 2.38. The molecule has 196 valence electrons. The molecule has 4 rings (SSSR count). The first kappa shape index (κ1) is 26.1. The lowest BCUT2D eigenvalue weighted by Gasteiger charge is -2.36. The van der Waals surface area contributed by atoms with E-state index in [-0.39, 0.29) is 23.6 Å². The van der Waals surface area contributed by atoms with Gasteiger partial charge in [-0.15, -0.1) is 13.2 Å². The van der Waals surface area contributed by atoms with Gasteiger partial charge in [0.25, 0.3) is 0 Å². The first-order valence-electron chi connectivity index (χ1n) is 11.6. The van der Waals surface area contributed by atoms with E-state index in [1.165, 1.54) is 23.2 Å². The number of nitrogens with one attached hydrogen (secondary N) is 1. The molecule has 3 heterocycles. The number of aliphatic hydroxyl groups excluding tert-OH is 1. The van der Waals surface area contributed by atoms with Crippen molar-refractivity contribution >= 4 is 35.1 Å². The van der Waals surface area contributed by atoms with E-state index in [1.54, 1.807) is 19.1 Å². The number of aliphatic hydroxyl groups is 1. The average Bonchev–Trinajstić information content (AvgIpc) is 3.21. The number of ether oxygens (including phenoxy) is 2. The number of hydrogen-bond acceptors (Lipinski definition) is 8. The van der Waals surface area contributed by atoms with Crippen molar-refractivity contribution < 1.29 is 32.5 Å². The van der Waals surface area contributed by atoms with Crippen LogP contribution in [0.15, 0.2) is 30.5 Å². The summed E-state index contributed by atoms with van der Waals surface area (Å²) in [4.78, 5) is 24.2. The number of rotatable bonds is 7. The van der Waals surface area contributed by atoms with Gasteiger partial charge >= 0.3 is 12.5 Å². The van der Waals surface area contributed by atoms with Gasteiger partial charge in [-0.2, -0.15) is 4.98 Å². The highest BCUT2D eigenvalue weighted by Crippen LogP contribution is 2.35. The molecular formula is C23H27ClF3N5O4. The van der Waals surface area contributed by atoms with Crippen LogP contribution in [-0.2, 0) is 4.74 Å². The first-order valence-corrected chi connectivity index (χ1v) is 11.9. The van der Waals surface area contributed by atoms with Crippen molar-refractivity contribution in [3.63, 3.8) is 0 Å². The number of alkyl halides is 3. The van der Waals surface area contributed by atoms with Crippen LogP contribution in [0.1, 0.15) is 26.7 Å². The zero-order valence-electron chi connectivity index (χ0n) is 19.7. The summed E-state index contributed by atoms with van der Waals surface area (Å²) in [6.07, 6.45) is -3.07. The predicted molar refractivity (Wildman–Crippen MR) is 127 cm³/mol. The highest BCUT2D eigenvalue weighted by molar-refractivity contribution is 6.32.